The average Bonchev–Trinajstić information content (AvgIpc) is 2.83. The number of carbonyl (C=O) groups excluding carboxylic acids is 1. The number of hydrogen-bond donors (Lipinski definition) is 0. The van der Waals surface area contributed by atoms with Crippen LogP contribution in [-0.4, -0.2) is 6.29 Å². The van der Waals surface area contributed by atoms with Gasteiger partial charge >= 0.3 is 0 Å². The third-order valence-electron chi connectivity index (χ3n) is 6.98. The molecule has 1 nitrogen and oxygen atoms in total. The fourth-order valence-corrected chi connectivity index (χ4v) is 6.41. The van der Waals surface area contributed by atoms with Crippen LogP contribution >= 0.6 is 0 Å². The van der Waals surface area contributed by atoms with E-state index in [1.165, 1.54) is 33.4 Å². The molecule has 0 N–H and O–H groups in total. The molecule has 3 aromatic carbocycles. The molecule has 3 atom stereocenters. The lowest BCUT2D eigenvalue weighted by molar-refractivity contribution is -0.108. The van der Waals surface area contributed by atoms with E-state index in [-0.39, 0.29) is 10.8 Å². The summed E-state index contributed by atoms with van der Waals surface area (Å²) in [4.78, 5) is 11.3. The SMILES string of the molecule is O=CCCC12c3ccccc3C3c4ccccc4C31c1ccccc12. The number of carbonyl (C=O) groups is 1. The lowest BCUT2D eigenvalue weighted by Gasteiger charge is -2.65. The van der Waals surface area contributed by atoms with Crippen molar-refractivity contribution in [3.05, 3.63) is 106 Å². The van der Waals surface area contributed by atoms with E-state index in [4.69, 9.17) is 0 Å². The van der Waals surface area contributed by atoms with Crippen LogP contribution in [0.3, 0.4) is 0 Å². The first kappa shape index (κ1) is 13.6. The monoisotopic (exact) mass is 322 g/mol. The van der Waals surface area contributed by atoms with E-state index in [2.05, 4.69) is 72.8 Å². The second-order valence-electron chi connectivity index (χ2n) is 7.57. The fraction of sp³-hybridized carbons (Fsp3) is 0.208. The van der Waals surface area contributed by atoms with Crippen molar-refractivity contribution in [1.82, 2.24) is 0 Å². The van der Waals surface area contributed by atoms with Crippen LogP contribution in [0.25, 0.3) is 0 Å². The summed E-state index contributed by atoms with van der Waals surface area (Å²) in [5.41, 5.74) is 8.74. The fourth-order valence-electron chi connectivity index (χ4n) is 6.41. The van der Waals surface area contributed by atoms with Gasteiger partial charge in [-0.2, -0.15) is 0 Å². The van der Waals surface area contributed by atoms with Gasteiger partial charge in [-0.25, -0.2) is 0 Å². The minimum Gasteiger partial charge on any atom is -0.303 e. The predicted octanol–water partition coefficient (Wildman–Crippen LogP) is 4.71. The molecule has 0 aromatic heterocycles. The van der Waals surface area contributed by atoms with Crippen LogP contribution in [0.4, 0.5) is 0 Å². The lowest BCUT2D eigenvalue weighted by Crippen LogP contribution is -2.63. The summed E-state index contributed by atoms with van der Waals surface area (Å²) in [5.74, 6) is 0.432. The molecule has 1 spiro atoms. The molecule has 0 heterocycles. The Morgan fingerprint density at radius 2 is 1.28 bits per heavy atom. The first-order chi connectivity index (χ1) is 12.4. The Kier molecular flexibility index (Phi) is 2.33. The van der Waals surface area contributed by atoms with Gasteiger partial charge in [-0.1, -0.05) is 72.8 Å². The van der Waals surface area contributed by atoms with E-state index in [1.54, 1.807) is 0 Å². The number of benzene rings is 3. The topological polar surface area (TPSA) is 17.1 Å². The molecule has 6 rings (SSSR count). The van der Waals surface area contributed by atoms with E-state index in [1.807, 2.05) is 0 Å². The number of fused-ring (bicyclic) bond motifs is 7. The number of hydrogen-bond acceptors (Lipinski definition) is 1. The summed E-state index contributed by atoms with van der Waals surface area (Å²) >= 11 is 0. The molecule has 1 heteroatoms. The molecule has 3 aliphatic rings. The molecule has 25 heavy (non-hydrogen) atoms. The van der Waals surface area contributed by atoms with Gasteiger partial charge in [0.15, 0.2) is 0 Å². The van der Waals surface area contributed by atoms with Crippen molar-refractivity contribution < 1.29 is 4.79 Å². The standard InChI is InChI=1S/C24H18O/c25-15-7-14-23-18-10-3-1-8-16(18)22-17-9-2-4-11-19(17)24(22,23)21-13-6-5-12-20(21)23/h1-6,8-13,15,22H,7,14H2. The zero-order valence-electron chi connectivity index (χ0n) is 13.9. The molecule has 0 saturated heterocycles. The van der Waals surface area contributed by atoms with Gasteiger partial charge in [0.2, 0.25) is 0 Å². The summed E-state index contributed by atoms with van der Waals surface area (Å²) in [5, 5.41) is 0. The minimum absolute atomic E-state index is 0.0346. The maximum absolute atomic E-state index is 11.3. The Hall–Kier alpha value is -2.67. The van der Waals surface area contributed by atoms with Crippen molar-refractivity contribution >= 4 is 6.29 Å². The molecule has 0 amide bonds. The Morgan fingerprint density at radius 3 is 2.00 bits per heavy atom. The maximum Gasteiger partial charge on any atom is 0.120 e. The molecule has 3 aromatic rings. The summed E-state index contributed by atoms with van der Waals surface area (Å²) in [7, 11) is 0. The van der Waals surface area contributed by atoms with Gasteiger partial charge < -0.3 is 4.79 Å². The molecular formula is C24H18O. The predicted molar refractivity (Wildman–Crippen MR) is 98.0 cm³/mol. The second kappa shape index (κ2) is 4.29. The summed E-state index contributed by atoms with van der Waals surface area (Å²) in [6, 6.07) is 26.8. The van der Waals surface area contributed by atoms with Crippen molar-refractivity contribution in [3.8, 4) is 0 Å². The first-order valence-corrected chi connectivity index (χ1v) is 9.10. The molecule has 3 unspecified atom stereocenters. The lowest BCUT2D eigenvalue weighted by atomic mass is 9.36. The van der Waals surface area contributed by atoms with Crippen molar-refractivity contribution in [2.24, 2.45) is 0 Å². The second-order valence-corrected chi connectivity index (χ2v) is 7.57. The highest BCUT2D eigenvalue weighted by Crippen LogP contribution is 2.80. The van der Waals surface area contributed by atoms with Crippen LogP contribution in [0.15, 0.2) is 72.8 Å². The van der Waals surface area contributed by atoms with Gasteiger partial charge in [-0.05, 0) is 39.8 Å². The van der Waals surface area contributed by atoms with Gasteiger partial charge in [-0.15, -0.1) is 0 Å². The largest absolute Gasteiger partial charge is 0.303 e. The Bertz CT molecular complexity index is 1040. The van der Waals surface area contributed by atoms with E-state index in [9.17, 15) is 4.79 Å². The molecule has 0 aliphatic heterocycles. The van der Waals surface area contributed by atoms with Gasteiger partial charge in [0, 0.05) is 23.2 Å². The van der Waals surface area contributed by atoms with Crippen molar-refractivity contribution in [3.63, 3.8) is 0 Å². The maximum atomic E-state index is 11.3. The number of rotatable bonds is 3. The van der Waals surface area contributed by atoms with Crippen LogP contribution in [0.5, 0.6) is 0 Å². The molecule has 0 fully saturated rings. The van der Waals surface area contributed by atoms with Crippen LogP contribution in [0.1, 0.15) is 52.1 Å². The Balaban J connectivity index is 1.76. The van der Waals surface area contributed by atoms with Crippen LogP contribution in [0, 0.1) is 0 Å². The highest BCUT2D eigenvalue weighted by molar-refractivity contribution is 5.82. The Labute approximate surface area is 147 Å². The molecule has 3 aliphatic carbocycles. The molecule has 0 saturated carbocycles. The molecule has 0 bridgehead atoms. The smallest absolute Gasteiger partial charge is 0.120 e. The van der Waals surface area contributed by atoms with Crippen LogP contribution in [-0.2, 0) is 15.6 Å². The quantitative estimate of drug-likeness (QED) is 0.638. The highest BCUT2D eigenvalue weighted by Gasteiger charge is 2.76. The van der Waals surface area contributed by atoms with Gasteiger partial charge in [-0.3, -0.25) is 0 Å². The van der Waals surface area contributed by atoms with E-state index < -0.39 is 0 Å². The third kappa shape index (κ3) is 1.18. The van der Waals surface area contributed by atoms with Crippen molar-refractivity contribution in [2.45, 2.75) is 29.6 Å². The van der Waals surface area contributed by atoms with E-state index in [0.717, 1.165) is 12.7 Å². The molecule has 120 valence electrons. The van der Waals surface area contributed by atoms with Crippen molar-refractivity contribution in [2.75, 3.05) is 0 Å². The van der Waals surface area contributed by atoms with Crippen LogP contribution in [0.2, 0.25) is 0 Å². The molecule has 0 radical (unpaired) electrons. The minimum atomic E-state index is -0.0416. The average molecular weight is 322 g/mol. The number of aldehydes is 1. The summed E-state index contributed by atoms with van der Waals surface area (Å²) in [6.07, 6.45) is 2.60. The van der Waals surface area contributed by atoms with Crippen LogP contribution < -0.4 is 0 Å². The summed E-state index contributed by atoms with van der Waals surface area (Å²) < 4.78 is 0. The Morgan fingerprint density at radius 1 is 0.720 bits per heavy atom. The normalized spacial score (nSPS) is 29.2. The zero-order chi connectivity index (χ0) is 16.6. The zero-order valence-corrected chi connectivity index (χ0v) is 13.9. The van der Waals surface area contributed by atoms with E-state index >= 15 is 0 Å². The van der Waals surface area contributed by atoms with Gasteiger partial charge in [0.1, 0.15) is 6.29 Å². The van der Waals surface area contributed by atoms with Gasteiger partial charge in [0.25, 0.3) is 0 Å². The molecular weight excluding hydrogens is 304 g/mol. The third-order valence-corrected chi connectivity index (χ3v) is 6.98. The highest BCUT2D eigenvalue weighted by atomic mass is 16.1. The first-order valence-electron chi connectivity index (χ1n) is 9.10. The summed E-state index contributed by atoms with van der Waals surface area (Å²) in [6.45, 7) is 0. The van der Waals surface area contributed by atoms with Crippen molar-refractivity contribution in [1.29, 1.82) is 0 Å². The van der Waals surface area contributed by atoms with Gasteiger partial charge in [0.05, 0.1) is 0 Å². The van der Waals surface area contributed by atoms with E-state index in [0.29, 0.717) is 12.3 Å².